The molecule has 1 aliphatic rings. The van der Waals surface area contributed by atoms with Crippen LogP contribution in [0.15, 0.2) is 48.8 Å². The van der Waals surface area contributed by atoms with E-state index in [0.29, 0.717) is 65.9 Å². The van der Waals surface area contributed by atoms with Gasteiger partial charge in [-0.05, 0) is 61.3 Å². The quantitative estimate of drug-likeness (QED) is 0.161. The molecule has 43 heavy (non-hydrogen) atoms. The van der Waals surface area contributed by atoms with Gasteiger partial charge in [0, 0.05) is 24.3 Å². The van der Waals surface area contributed by atoms with Crippen LogP contribution in [0.4, 0.5) is 43.9 Å². The highest BCUT2D eigenvalue weighted by Crippen LogP contribution is 2.40. The maximum Gasteiger partial charge on any atom is 0.416 e. The van der Waals surface area contributed by atoms with Crippen molar-refractivity contribution in [2.24, 2.45) is 0 Å². The Hall–Kier alpha value is -3.99. The first-order valence-electron chi connectivity index (χ1n) is 13.1. The summed E-state index contributed by atoms with van der Waals surface area (Å²) in [7, 11) is -2.48. The van der Waals surface area contributed by atoms with Gasteiger partial charge < -0.3 is 21.3 Å². The summed E-state index contributed by atoms with van der Waals surface area (Å²) in [5, 5.41) is 8.46. The molecule has 3 heterocycles. The molecule has 6 N–H and O–H groups in total. The summed E-state index contributed by atoms with van der Waals surface area (Å²) in [6.45, 7) is 1.94. The second-order valence-corrected chi connectivity index (χ2v) is 12.5. The normalized spacial score (nSPS) is 16.3. The summed E-state index contributed by atoms with van der Waals surface area (Å²) in [4.78, 5) is 18.6. The summed E-state index contributed by atoms with van der Waals surface area (Å²) in [6.07, 6.45) is -2.10. The first kappa shape index (κ1) is 30.5. The number of alkyl halides is 3. The Morgan fingerprint density at radius 1 is 1.00 bits per heavy atom. The fourth-order valence-electron chi connectivity index (χ4n) is 4.86. The van der Waals surface area contributed by atoms with Crippen LogP contribution in [0.1, 0.15) is 17.7 Å². The van der Waals surface area contributed by atoms with Gasteiger partial charge in [-0.3, -0.25) is 9.11 Å². The van der Waals surface area contributed by atoms with Crippen LogP contribution in [0, 0.1) is 11.6 Å². The highest BCUT2D eigenvalue weighted by molar-refractivity contribution is 8.24. The second kappa shape index (κ2) is 11.9. The van der Waals surface area contributed by atoms with E-state index < -0.39 is 45.7 Å². The zero-order valence-electron chi connectivity index (χ0n) is 22.5. The van der Waals surface area contributed by atoms with Gasteiger partial charge in [-0.25, -0.2) is 23.1 Å². The second-order valence-electron chi connectivity index (χ2n) is 10.1. The molecule has 5 rings (SSSR count). The van der Waals surface area contributed by atoms with Gasteiger partial charge in [-0.15, -0.1) is 0 Å². The predicted octanol–water partition coefficient (Wildman–Crippen LogP) is 5.92. The van der Waals surface area contributed by atoms with E-state index in [-0.39, 0.29) is 11.5 Å². The van der Waals surface area contributed by atoms with Gasteiger partial charge in [0.05, 0.1) is 28.4 Å². The smallest absolute Gasteiger partial charge is 0.382 e. The Morgan fingerprint density at radius 2 is 1.72 bits per heavy atom. The third kappa shape index (κ3) is 6.98. The van der Waals surface area contributed by atoms with Crippen LogP contribution >= 0.6 is 10.6 Å². The molecule has 1 aliphatic heterocycles. The number of carbonyl (C=O) groups excluding carboxylic acids is 1. The van der Waals surface area contributed by atoms with Gasteiger partial charge in [0.25, 0.3) is 0 Å². The molecule has 0 bridgehead atoms. The average molecular weight is 626 g/mol. The lowest BCUT2D eigenvalue weighted by molar-refractivity contribution is -0.137. The monoisotopic (exact) mass is 625 g/mol. The summed E-state index contributed by atoms with van der Waals surface area (Å²) in [5.74, 6) is -1.07. The molecular weight excluding hydrogens is 597 g/mol. The van der Waals surface area contributed by atoms with Crippen molar-refractivity contribution in [3.63, 3.8) is 0 Å². The van der Waals surface area contributed by atoms with Crippen LogP contribution in [-0.4, -0.2) is 65.8 Å². The number of aromatic nitrogens is 3. The van der Waals surface area contributed by atoms with Crippen LogP contribution < -0.4 is 16.4 Å². The highest BCUT2D eigenvalue weighted by Gasteiger charge is 2.31. The van der Waals surface area contributed by atoms with Gasteiger partial charge in [-0.1, -0.05) is 6.07 Å². The lowest BCUT2D eigenvalue weighted by Crippen LogP contribution is -2.38. The number of amides is 2. The molecule has 0 atom stereocenters. The molecular formula is C27H28F5N7O3S. The minimum atomic E-state index is -4.75. The molecule has 2 aromatic heterocycles. The summed E-state index contributed by atoms with van der Waals surface area (Å²) >= 11 is 0. The van der Waals surface area contributed by atoms with Gasteiger partial charge in [-0.2, -0.15) is 28.9 Å². The minimum absolute atomic E-state index is 0.169. The lowest BCUT2D eigenvalue weighted by atomic mass is 10.1. The number of benzene rings is 2. The molecule has 0 aliphatic carbocycles. The largest absolute Gasteiger partial charge is 0.416 e. The van der Waals surface area contributed by atoms with Crippen molar-refractivity contribution in [2.45, 2.75) is 19.0 Å². The molecule has 0 saturated carbocycles. The van der Waals surface area contributed by atoms with Crippen molar-refractivity contribution in [3.05, 3.63) is 71.7 Å². The number of halogens is 5. The molecule has 2 aromatic carbocycles. The predicted molar refractivity (Wildman–Crippen MR) is 154 cm³/mol. The minimum Gasteiger partial charge on any atom is -0.382 e. The maximum absolute atomic E-state index is 15.1. The lowest BCUT2D eigenvalue weighted by Gasteiger charge is -2.41. The number of urea groups is 1. The number of aryl methyl sites for hydroxylation is 1. The number of hydrogen-bond acceptors (Lipinski definition) is 7. The van der Waals surface area contributed by atoms with Gasteiger partial charge in [0.1, 0.15) is 23.5 Å². The number of rotatable bonds is 7. The fourth-order valence-corrected chi connectivity index (χ4v) is 6.17. The number of carbonyl (C=O) groups is 1. The Bertz CT molecular complexity index is 1650. The molecule has 10 nitrogen and oxygen atoms in total. The zero-order valence-corrected chi connectivity index (χ0v) is 23.4. The third-order valence-corrected chi connectivity index (χ3v) is 8.78. The number of nitrogens with zero attached hydrogens (tertiary/aromatic N) is 4. The molecule has 1 saturated heterocycles. The highest BCUT2D eigenvalue weighted by atomic mass is 32.3. The van der Waals surface area contributed by atoms with E-state index in [1.54, 1.807) is 4.52 Å². The van der Waals surface area contributed by atoms with Crippen molar-refractivity contribution >= 4 is 39.3 Å². The van der Waals surface area contributed by atoms with Crippen LogP contribution in [0.5, 0.6) is 0 Å². The molecule has 1 fully saturated rings. The Kier molecular flexibility index (Phi) is 8.47. The molecule has 2 amide bonds. The Morgan fingerprint density at radius 3 is 2.42 bits per heavy atom. The first-order chi connectivity index (χ1) is 20.3. The van der Waals surface area contributed by atoms with E-state index in [0.717, 1.165) is 24.7 Å². The van der Waals surface area contributed by atoms with Crippen LogP contribution in [0.3, 0.4) is 0 Å². The van der Waals surface area contributed by atoms with E-state index in [4.69, 9.17) is 5.73 Å². The van der Waals surface area contributed by atoms with E-state index in [2.05, 4.69) is 20.3 Å². The third-order valence-electron chi connectivity index (χ3n) is 7.10. The van der Waals surface area contributed by atoms with E-state index in [1.807, 2.05) is 11.4 Å². The van der Waals surface area contributed by atoms with Gasteiger partial charge >= 0.3 is 12.2 Å². The van der Waals surface area contributed by atoms with Crippen molar-refractivity contribution < 1.29 is 35.9 Å². The molecule has 0 unspecified atom stereocenters. The Labute approximate surface area is 244 Å². The van der Waals surface area contributed by atoms with Crippen LogP contribution in [-0.2, 0) is 12.6 Å². The topological polar surface area (TPSA) is 141 Å². The average Bonchev–Trinajstić information content (AvgIpc) is 3.31. The van der Waals surface area contributed by atoms with Crippen LogP contribution in [0.2, 0.25) is 0 Å². The van der Waals surface area contributed by atoms with Gasteiger partial charge in [0.2, 0.25) is 0 Å². The number of nitrogen functional groups attached to an aromatic ring is 1. The number of anilines is 3. The standard InChI is InChI=1S/C27H28F5N7O3S/c28-20-5-4-17(27(30,31)32)13-23(20)37-26(40)36-22-6-3-16(12-21(22)29)19-14-18(39-24(19)25(33)34-15-35-39)2-1-7-38-8-10-43(41,42)11-9-38/h3-6,12-15,41-42H,1-2,7-11H2,(H2,33,34,35)(H2,36,37,40). The molecule has 0 spiro atoms. The van der Waals surface area contributed by atoms with E-state index >= 15 is 4.39 Å². The number of hydrogen-bond donors (Lipinski definition) is 5. The number of fused-ring (bicyclic) bond motifs is 1. The number of nitrogens with two attached hydrogens (primary N) is 1. The van der Waals surface area contributed by atoms with Crippen LogP contribution in [0.25, 0.3) is 16.6 Å². The summed E-state index contributed by atoms with van der Waals surface area (Å²) < 4.78 is 89.3. The van der Waals surface area contributed by atoms with Crippen molar-refractivity contribution in [1.29, 1.82) is 0 Å². The molecule has 230 valence electrons. The van der Waals surface area contributed by atoms with Crippen molar-refractivity contribution in [1.82, 2.24) is 19.5 Å². The van der Waals surface area contributed by atoms with Crippen molar-refractivity contribution in [2.75, 3.05) is 47.5 Å². The molecule has 16 heteroatoms. The summed E-state index contributed by atoms with van der Waals surface area (Å²) in [6, 6.07) is 6.16. The van der Waals surface area contributed by atoms with Crippen molar-refractivity contribution in [3.8, 4) is 11.1 Å². The Balaban J connectivity index is 1.31. The summed E-state index contributed by atoms with van der Waals surface area (Å²) in [5.41, 5.74) is 6.18. The first-order valence-corrected chi connectivity index (χ1v) is 15.0. The van der Waals surface area contributed by atoms with Gasteiger partial charge in [0.15, 0.2) is 5.82 Å². The number of nitrogens with one attached hydrogen (secondary N) is 2. The van der Waals surface area contributed by atoms with E-state index in [9.17, 15) is 31.5 Å². The fraction of sp³-hybridized carbons (Fsp3) is 0.296. The van der Waals surface area contributed by atoms with E-state index in [1.165, 1.54) is 18.5 Å². The molecule has 4 aromatic rings. The SMILES string of the molecule is Nc1ncnn2c(CCCN3CCS(O)(O)CC3)cc(-c3ccc(NC(=O)Nc4cc(C(F)(F)F)ccc4F)c(F)c3)c12. The maximum atomic E-state index is 15.1. The zero-order chi connectivity index (χ0) is 30.9. The molecule has 0 radical (unpaired) electrons.